The first kappa shape index (κ1) is 21.2. The fourth-order valence-electron chi connectivity index (χ4n) is 2.88. The van der Waals surface area contributed by atoms with Gasteiger partial charge in [-0.3, -0.25) is 9.80 Å². The van der Waals surface area contributed by atoms with E-state index in [4.69, 9.17) is 0 Å². The van der Waals surface area contributed by atoms with E-state index in [0.29, 0.717) is 11.7 Å². The van der Waals surface area contributed by atoms with Crippen molar-refractivity contribution in [2.45, 2.75) is 23.8 Å². The SMILES string of the molecule is O=C(Nc1ccc(F)c(F)c1)c1cc(S(=O)(=O)NCC2=CN(C3CC3)NN2)ccc1F.[HH].[HH]. The van der Waals surface area contributed by atoms with Gasteiger partial charge >= 0.3 is 0 Å². The summed E-state index contributed by atoms with van der Waals surface area (Å²) in [5, 5.41) is 4.06. The molecule has 31 heavy (non-hydrogen) atoms. The van der Waals surface area contributed by atoms with Crippen LogP contribution in [-0.4, -0.2) is 31.9 Å². The van der Waals surface area contributed by atoms with Crippen molar-refractivity contribution in [1.82, 2.24) is 20.7 Å². The van der Waals surface area contributed by atoms with Crippen LogP contribution in [0, 0.1) is 17.5 Å². The molecule has 1 fully saturated rings. The second-order valence-corrected chi connectivity index (χ2v) is 8.85. The van der Waals surface area contributed by atoms with Crippen molar-refractivity contribution in [3.8, 4) is 0 Å². The average molecular weight is 457 g/mol. The molecule has 0 unspecified atom stereocenters. The predicted molar refractivity (Wildman–Crippen MR) is 109 cm³/mol. The Hall–Kier alpha value is -3.09. The Morgan fingerprint density at radius 1 is 1.10 bits per heavy atom. The Morgan fingerprint density at radius 3 is 2.55 bits per heavy atom. The lowest BCUT2D eigenvalue weighted by molar-refractivity contribution is 0.102. The molecule has 0 bridgehead atoms. The summed E-state index contributed by atoms with van der Waals surface area (Å²) in [7, 11) is -4.06. The molecular formula is C19H22F3N5O3S. The van der Waals surface area contributed by atoms with Crippen LogP contribution in [0.5, 0.6) is 0 Å². The van der Waals surface area contributed by atoms with Crippen LogP contribution in [0.1, 0.15) is 26.1 Å². The van der Waals surface area contributed by atoms with E-state index >= 15 is 0 Å². The van der Waals surface area contributed by atoms with Gasteiger partial charge in [-0.15, -0.1) is 5.53 Å². The summed E-state index contributed by atoms with van der Waals surface area (Å²) in [4.78, 5) is 12.0. The predicted octanol–water partition coefficient (Wildman–Crippen LogP) is 2.46. The van der Waals surface area contributed by atoms with Crippen LogP contribution in [0.2, 0.25) is 0 Å². The minimum absolute atomic E-state index is 0. The second-order valence-electron chi connectivity index (χ2n) is 7.08. The molecule has 12 heteroatoms. The summed E-state index contributed by atoms with van der Waals surface area (Å²) < 4.78 is 68.1. The lowest BCUT2D eigenvalue weighted by atomic mass is 10.2. The molecule has 168 valence electrons. The molecule has 1 aliphatic heterocycles. The van der Waals surface area contributed by atoms with Crippen molar-refractivity contribution < 1.29 is 29.2 Å². The maximum absolute atomic E-state index is 14.2. The summed E-state index contributed by atoms with van der Waals surface area (Å²) in [6, 6.07) is 5.76. The monoisotopic (exact) mass is 457 g/mol. The van der Waals surface area contributed by atoms with Crippen molar-refractivity contribution in [2.24, 2.45) is 0 Å². The first-order chi connectivity index (χ1) is 14.7. The van der Waals surface area contributed by atoms with E-state index in [1.807, 2.05) is 5.01 Å². The summed E-state index contributed by atoms with van der Waals surface area (Å²) in [5.41, 5.74) is 5.68. The lowest BCUT2D eigenvalue weighted by Crippen LogP contribution is -2.39. The highest BCUT2D eigenvalue weighted by Crippen LogP contribution is 2.26. The molecule has 1 heterocycles. The minimum atomic E-state index is -4.06. The van der Waals surface area contributed by atoms with Gasteiger partial charge < -0.3 is 10.7 Å². The Balaban J connectivity index is 0.00000193. The highest BCUT2D eigenvalue weighted by molar-refractivity contribution is 7.89. The number of hydrogen-bond donors (Lipinski definition) is 4. The quantitative estimate of drug-likeness (QED) is 0.510. The molecule has 4 rings (SSSR count). The van der Waals surface area contributed by atoms with Crippen LogP contribution in [0.15, 0.2) is 53.2 Å². The molecule has 2 aromatic rings. The Kier molecular flexibility index (Phi) is 5.60. The standard InChI is InChI=1S/C19H18F3N5O3S.2H2/c20-16-6-4-14(8-15(16)19(28)24-11-1-5-17(21)18(22)7-11)31(29,30)23-9-12-10-27(26-25-12)13-2-3-13;;/h1,4-8,10,13,23,25-26H,2-3,9H2,(H,24,28);2*1H. The number of halogens is 3. The zero-order valence-corrected chi connectivity index (χ0v) is 16.8. The van der Waals surface area contributed by atoms with Crippen LogP contribution < -0.4 is 21.0 Å². The van der Waals surface area contributed by atoms with Gasteiger partial charge in [0.1, 0.15) is 5.82 Å². The number of anilines is 1. The van der Waals surface area contributed by atoms with Crippen LogP contribution in [0.4, 0.5) is 18.9 Å². The third kappa shape index (κ3) is 4.81. The molecule has 1 saturated carbocycles. The third-order valence-corrected chi connectivity index (χ3v) is 6.10. The van der Waals surface area contributed by atoms with Gasteiger partial charge in [-0.25, -0.2) is 26.3 Å². The van der Waals surface area contributed by atoms with Gasteiger partial charge in [0.15, 0.2) is 11.6 Å². The molecule has 0 radical (unpaired) electrons. The zero-order chi connectivity index (χ0) is 22.2. The maximum Gasteiger partial charge on any atom is 0.258 e. The number of carbonyl (C=O) groups is 1. The first-order valence-corrected chi connectivity index (χ1v) is 10.8. The van der Waals surface area contributed by atoms with Crippen molar-refractivity contribution >= 4 is 21.6 Å². The van der Waals surface area contributed by atoms with E-state index in [9.17, 15) is 26.4 Å². The number of hydrazine groups is 2. The number of hydrogen-bond acceptors (Lipinski definition) is 6. The summed E-state index contributed by atoms with van der Waals surface area (Å²) in [6.07, 6.45) is 3.86. The van der Waals surface area contributed by atoms with Gasteiger partial charge in [0.05, 0.1) is 22.7 Å². The number of benzene rings is 2. The molecule has 2 aromatic carbocycles. The van der Waals surface area contributed by atoms with Gasteiger partial charge in [0.2, 0.25) is 10.0 Å². The van der Waals surface area contributed by atoms with Gasteiger partial charge in [0, 0.05) is 26.8 Å². The van der Waals surface area contributed by atoms with Crippen molar-refractivity contribution in [3.05, 3.63) is 71.3 Å². The average Bonchev–Trinajstić information content (AvgIpc) is 3.47. The zero-order valence-electron chi connectivity index (χ0n) is 16.0. The number of nitrogens with one attached hydrogen (secondary N) is 4. The van der Waals surface area contributed by atoms with E-state index in [0.717, 1.165) is 49.2 Å². The van der Waals surface area contributed by atoms with Crippen LogP contribution in [-0.2, 0) is 10.0 Å². The number of amides is 1. The number of sulfonamides is 1. The Labute approximate surface area is 179 Å². The van der Waals surface area contributed by atoms with E-state index in [2.05, 4.69) is 21.0 Å². The van der Waals surface area contributed by atoms with Crippen LogP contribution in [0.3, 0.4) is 0 Å². The number of carbonyl (C=O) groups excluding carboxylic acids is 1. The molecular weight excluding hydrogens is 435 g/mol. The van der Waals surface area contributed by atoms with Gasteiger partial charge in [-0.05, 0) is 43.2 Å². The van der Waals surface area contributed by atoms with Crippen LogP contribution in [0.25, 0.3) is 0 Å². The molecule has 4 N–H and O–H groups in total. The van der Waals surface area contributed by atoms with E-state index in [-0.39, 0.29) is 20.0 Å². The second kappa shape index (κ2) is 8.21. The fourth-order valence-corrected chi connectivity index (χ4v) is 3.91. The molecule has 1 aliphatic carbocycles. The van der Waals surface area contributed by atoms with E-state index < -0.39 is 38.9 Å². The van der Waals surface area contributed by atoms with Gasteiger partial charge in [-0.1, -0.05) is 0 Å². The Morgan fingerprint density at radius 2 is 1.84 bits per heavy atom. The van der Waals surface area contributed by atoms with Crippen molar-refractivity contribution in [1.29, 1.82) is 0 Å². The molecule has 0 aromatic heterocycles. The highest BCUT2D eigenvalue weighted by atomic mass is 32.2. The fraction of sp³-hybridized carbons (Fsp3) is 0.211. The van der Waals surface area contributed by atoms with Crippen molar-refractivity contribution in [3.63, 3.8) is 0 Å². The minimum Gasteiger partial charge on any atom is -0.322 e. The first-order valence-electron chi connectivity index (χ1n) is 9.29. The third-order valence-electron chi connectivity index (χ3n) is 4.70. The lowest BCUT2D eigenvalue weighted by Gasteiger charge is -2.12. The largest absolute Gasteiger partial charge is 0.322 e. The van der Waals surface area contributed by atoms with E-state index in [1.165, 1.54) is 0 Å². The van der Waals surface area contributed by atoms with Gasteiger partial charge in [0.25, 0.3) is 5.91 Å². The Bertz CT molecular complexity index is 1180. The summed E-state index contributed by atoms with van der Waals surface area (Å²) >= 11 is 0. The highest BCUT2D eigenvalue weighted by Gasteiger charge is 2.30. The van der Waals surface area contributed by atoms with Crippen LogP contribution >= 0.6 is 0 Å². The maximum atomic E-state index is 14.2. The molecule has 2 aliphatic rings. The molecule has 0 saturated heterocycles. The molecule has 8 nitrogen and oxygen atoms in total. The molecule has 1 amide bonds. The molecule has 0 spiro atoms. The van der Waals surface area contributed by atoms with Crippen molar-refractivity contribution in [2.75, 3.05) is 11.9 Å². The number of rotatable bonds is 7. The summed E-state index contributed by atoms with van der Waals surface area (Å²) in [5.74, 6) is -4.28. The molecule has 0 atom stereocenters. The normalized spacial score (nSPS) is 16.1. The smallest absolute Gasteiger partial charge is 0.258 e. The van der Waals surface area contributed by atoms with E-state index in [1.54, 1.807) is 6.20 Å². The van der Waals surface area contributed by atoms with Gasteiger partial charge in [-0.2, -0.15) is 0 Å². The summed E-state index contributed by atoms with van der Waals surface area (Å²) in [6.45, 7) is -0.0493. The topological polar surface area (TPSA) is 103 Å². The number of nitrogens with zero attached hydrogens (tertiary/aromatic N) is 1.